The highest BCUT2D eigenvalue weighted by atomic mass is 32.1. The topological polar surface area (TPSA) is 79.4 Å². The lowest BCUT2D eigenvalue weighted by Gasteiger charge is -2.15. The molecular weight excluding hydrogens is 470 g/mol. The van der Waals surface area contributed by atoms with Crippen LogP contribution in [0.25, 0.3) is 21.8 Å². The van der Waals surface area contributed by atoms with Crippen molar-refractivity contribution >= 4 is 34.7 Å². The van der Waals surface area contributed by atoms with E-state index in [-0.39, 0.29) is 29.2 Å². The number of rotatable bonds is 6. The molecule has 5 rings (SSSR count). The van der Waals surface area contributed by atoms with Gasteiger partial charge in [0.15, 0.2) is 0 Å². The molecule has 4 aromatic rings. The number of imide groups is 1. The molecule has 0 saturated carbocycles. The molecule has 180 valence electrons. The molecule has 7 heteroatoms. The van der Waals surface area contributed by atoms with E-state index in [0.29, 0.717) is 23.4 Å². The van der Waals surface area contributed by atoms with Crippen LogP contribution >= 0.6 is 11.3 Å². The van der Waals surface area contributed by atoms with Gasteiger partial charge in [0.1, 0.15) is 5.01 Å². The molecule has 0 unspecified atom stereocenters. The molecule has 6 nitrogen and oxygen atoms in total. The molecule has 3 amide bonds. The van der Waals surface area contributed by atoms with Gasteiger partial charge in [-0.2, -0.15) is 0 Å². The highest BCUT2D eigenvalue weighted by molar-refractivity contribution is 7.15. The van der Waals surface area contributed by atoms with E-state index in [9.17, 15) is 14.4 Å². The zero-order valence-corrected chi connectivity index (χ0v) is 21.1. The second kappa shape index (κ2) is 9.51. The van der Waals surface area contributed by atoms with Crippen molar-refractivity contribution in [3.8, 4) is 21.8 Å². The second-order valence-electron chi connectivity index (χ2n) is 9.20. The average Bonchev–Trinajstić information content (AvgIpc) is 3.38. The Kier molecular flexibility index (Phi) is 6.24. The van der Waals surface area contributed by atoms with Gasteiger partial charge in [-0.05, 0) is 43.2 Å². The van der Waals surface area contributed by atoms with Crippen molar-refractivity contribution in [2.45, 2.75) is 20.8 Å². The predicted octanol–water partition coefficient (Wildman–Crippen LogP) is 6.29. The van der Waals surface area contributed by atoms with Crippen molar-refractivity contribution in [3.05, 3.63) is 94.4 Å². The average molecular weight is 496 g/mol. The van der Waals surface area contributed by atoms with Crippen molar-refractivity contribution in [1.82, 2.24) is 9.88 Å². The number of hydrogen-bond donors (Lipinski definition) is 1. The first-order chi connectivity index (χ1) is 17.3. The zero-order valence-electron chi connectivity index (χ0n) is 20.2. The van der Waals surface area contributed by atoms with Crippen LogP contribution in [0, 0.1) is 12.8 Å². The van der Waals surface area contributed by atoms with Gasteiger partial charge in [-0.1, -0.05) is 56.3 Å². The van der Waals surface area contributed by atoms with Gasteiger partial charge in [-0.25, -0.2) is 4.98 Å². The maximum atomic E-state index is 12.9. The summed E-state index contributed by atoms with van der Waals surface area (Å²) < 4.78 is 0. The molecule has 0 saturated heterocycles. The lowest BCUT2D eigenvalue weighted by atomic mass is 10.1. The minimum atomic E-state index is -0.351. The van der Waals surface area contributed by atoms with Crippen LogP contribution in [0.3, 0.4) is 0 Å². The van der Waals surface area contributed by atoms with Gasteiger partial charge in [0.2, 0.25) is 0 Å². The Bertz CT molecular complexity index is 1470. The van der Waals surface area contributed by atoms with Crippen molar-refractivity contribution in [1.29, 1.82) is 0 Å². The molecule has 0 aliphatic carbocycles. The number of aryl methyl sites for hydroxylation is 1. The summed E-state index contributed by atoms with van der Waals surface area (Å²) in [6.45, 7) is 6.31. The number of benzene rings is 3. The van der Waals surface area contributed by atoms with E-state index < -0.39 is 0 Å². The fraction of sp³-hybridized carbons (Fsp3) is 0.172. The van der Waals surface area contributed by atoms with E-state index in [0.717, 1.165) is 26.7 Å². The summed E-state index contributed by atoms with van der Waals surface area (Å²) in [5.74, 6) is -0.838. The third-order valence-corrected chi connectivity index (χ3v) is 7.03. The summed E-state index contributed by atoms with van der Waals surface area (Å²) in [5, 5.41) is 3.85. The number of aromatic nitrogens is 1. The van der Waals surface area contributed by atoms with Crippen LogP contribution in [-0.2, 0) is 0 Å². The number of anilines is 1. The molecule has 2 heterocycles. The number of carbonyl (C=O) groups excluding carboxylic acids is 3. The monoisotopic (exact) mass is 495 g/mol. The number of amides is 3. The minimum absolute atomic E-state index is 0.163. The maximum Gasteiger partial charge on any atom is 0.261 e. The molecular formula is C29H25N3O3S. The van der Waals surface area contributed by atoms with Crippen molar-refractivity contribution in [2.75, 3.05) is 11.9 Å². The number of carbonyl (C=O) groups is 3. The van der Waals surface area contributed by atoms with Gasteiger partial charge in [-0.3, -0.25) is 19.3 Å². The highest BCUT2D eigenvalue weighted by Crippen LogP contribution is 2.33. The Morgan fingerprint density at radius 1 is 0.917 bits per heavy atom. The molecule has 3 aromatic carbocycles. The first-order valence-corrected chi connectivity index (χ1v) is 12.6. The zero-order chi connectivity index (χ0) is 25.4. The molecule has 1 aliphatic rings. The third kappa shape index (κ3) is 4.45. The number of fused-ring (bicyclic) bond motifs is 1. The van der Waals surface area contributed by atoms with Gasteiger partial charge in [0.25, 0.3) is 17.7 Å². The quantitative estimate of drug-likeness (QED) is 0.319. The third-order valence-electron chi connectivity index (χ3n) is 6.01. The van der Waals surface area contributed by atoms with E-state index >= 15 is 0 Å². The molecule has 36 heavy (non-hydrogen) atoms. The van der Waals surface area contributed by atoms with Gasteiger partial charge in [-0.15, -0.1) is 11.3 Å². The number of nitrogens with zero attached hydrogens (tertiary/aromatic N) is 2. The first kappa shape index (κ1) is 23.6. The fourth-order valence-corrected chi connectivity index (χ4v) is 5.19. The number of thiazole rings is 1. The van der Waals surface area contributed by atoms with Crippen LogP contribution in [0.1, 0.15) is 49.8 Å². The molecule has 0 radical (unpaired) electrons. The summed E-state index contributed by atoms with van der Waals surface area (Å²) in [6.07, 6.45) is 0. The van der Waals surface area contributed by atoms with Crippen LogP contribution in [0.15, 0.2) is 72.8 Å². The Hall–Kier alpha value is -4.10. The van der Waals surface area contributed by atoms with Crippen molar-refractivity contribution < 1.29 is 14.4 Å². The van der Waals surface area contributed by atoms with E-state index in [1.165, 1.54) is 11.0 Å². The summed E-state index contributed by atoms with van der Waals surface area (Å²) in [7, 11) is 0. The Balaban J connectivity index is 1.32. The van der Waals surface area contributed by atoms with Crippen LogP contribution < -0.4 is 5.32 Å². The van der Waals surface area contributed by atoms with E-state index in [4.69, 9.17) is 4.98 Å². The van der Waals surface area contributed by atoms with Gasteiger partial charge >= 0.3 is 0 Å². The lowest BCUT2D eigenvalue weighted by molar-refractivity contribution is 0.0636. The van der Waals surface area contributed by atoms with E-state index in [2.05, 4.69) is 12.2 Å². The standard InChI is InChI=1S/C29H25N3O3S/c1-17(2)16-32-28(34)23-14-11-21(15-24(23)29(32)35)26(33)30-22-12-9-19(10-13-22)25-18(3)36-27(31-25)20-7-5-4-6-8-20/h4-15,17H,16H2,1-3H3,(H,30,33). The van der Waals surface area contributed by atoms with Crippen molar-refractivity contribution in [3.63, 3.8) is 0 Å². The first-order valence-electron chi connectivity index (χ1n) is 11.8. The smallest absolute Gasteiger partial charge is 0.261 e. The minimum Gasteiger partial charge on any atom is -0.322 e. The molecule has 0 spiro atoms. The normalized spacial score (nSPS) is 12.8. The van der Waals surface area contributed by atoms with Crippen LogP contribution in [0.2, 0.25) is 0 Å². The predicted molar refractivity (Wildman–Crippen MR) is 142 cm³/mol. The lowest BCUT2D eigenvalue weighted by Crippen LogP contribution is -2.33. The maximum absolute atomic E-state index is 12.9. The van der Waals surface area contributed by atoms with Gasteiger partial charge < -0.3 is 5.32 Å². The second-order valence-corrected chi connectivity index (χ2v) is 10.4. The molecule has 0 bridgehead atoms. The Morgan fingerprint density at radius 2 is 1.61 bits per heavy atom. The van der Waals surface area contributed by atoms with Crippen LogP contribution in [-0.4, -0.2) is 34.2 Å². The largest absolute Gasteiger partial charge is 0.322 e. The van der Waals surface area contributed by atoms with Gasteiger partial charge in [0.05, 0.1) is 16.8 Å². The van der Waals surface area contributed by atoms with Crippen molar-refractivity contribution in [2.24, 2.45) is 5.92 Å². The van der Waals surface area contributed by atoms with Crippen LogP contribution in [0.5, 0.6) is 0 Å². The fourth-order valence-electron chi connectivity index (χ4n) is 4.25. The molecule has 0 atom stereocenters. The van der Waals surface area contributed by atoms with Gasteiger partial charge in [0, 0.05) is 33.8 Å². The molecule has 1 aliphatic heterocycles. The highest BCUT2D eigenvalue weighted by Gasteiger charge is 2.36. The van der Waals surface area contributed by atoms with Crippen LogP contribution in [0.4, 0.5) is 5.69 Å². The van der Waals surface area contributed by atoms with E-state index in [1.807, 2.05) is 68.4 Å². The number of nitrogens with one attached hydrogen (secondary N) is 1. The summed E-state index contributed by atoms with van der Waals surface area (Å²) in [6, 6.07) is 22.3. The summed E-state index contributed by atoms with van der Waals surface area (Å²) in [4.78, 5) is 45.4. The molecule has 0 fully saturated rings. The molecule has 1 N–H and O–H groups in total. The summed E-state index contributed by atoms with van der Waals surface area (Å²) in [5.41, 5.74) is 4.55. The number of hydrogen-bond acceptors (Lipinski definition) is 5. The molecule has 1 aromatic heterocycles. The SMILES string of the molecule is Cc1sc(-c2ccccc2)nc1-c1ccc(NC(=O)c2ccc3c(c2)C(=O)N(CC(C)C)C3=O)cc1. The van der Waals surface area contributed by atoms with E-state index in [1.54, 1.807) is 23.5 Å². The summed E-state index contributed by atoms with van der Waals surface area (Å²) >= 11 is 1.65. The Morgan fingerprint density at radius 3 is 2.31 bits per heavy atom. The Labute approximate surface area is 213 Å².